The van der Waals surface area contributed by atoms with Crippen molar-refractivity contribution in [1.82, 2.24) is 14.6 Å². The highest BCUT2D eigenvalue weighted by Gasteiger charge is 2.10. The number of rotatable bonds is 1. The van der Waals surface area contributed by atoms with Gasteiger partial charge in [0.2, 0.25) is 0 Å². The third-order valence-electron chi connectivity index (χ3n) is 1.81. The molecule has 68 valence electrons. The lowest BCUT2D eigenvalue weighted by Crippen LogP contribution is -2.10. The van der Waals surface area contributed by atoms with Gasteiger partial charge in [-0.3, -0.25) is 4.40 Å². The number of hydrogen-bond donors (Lipinski definition) is 1. The molecular formula is C8H9BrN4. The second-order valence-electron chi connectivity index (χ2n) is 2.89. The molecule has 4 nitrogen and oxygen atoms in total. The molecule has 1 atom stereocenters. The molecule has 0 saturated heterocycles. The van der Waals surface area contributed by atoms with Crippen LogP contribution in [-0.2, 0) is 0 Å². The van der Waals surface area contributed by atoms with Gasteiger partial charge in [0, 0.05) is 0 Å². The van der Waals surface area contributed by atoms with E-state index in [4.69, 9.17) is 5.73 Å². The van der Waals surface area contributed by atoms with E-state index in [9.17, 15) is 0 Å². The van der Waals surface area contributed by atoms with Gasteiger partial charge in [0.05, 0.1) is 10.6 Å². The van der Waals surface area contributed by atoms with Crippen molar-refractivity contribution in [3.63, 3.8) is 0 Å². The highest BCUT2D eigenvalue weighted by molar-refractivity contribution is 9.10. The fourth-order valence-corrected chi connectivity index (χ4v) is 1.73. The van der Waals surface area contributed by atoms with Crippen LogP contribution in [0.4, 0.5) is 0 Å². The highest BCUT2D eigenvalue weighted by Crippen LogP contribution is 2.16. The topological polar surface area (TPSA) is 56.2 Å². The number of aromatic nitrogens is 3. The summed E-state index contributed by atoms with van der Waals surface area (Å²) in [6.45, 7) is 1.88. The molecule has 0 radical (unpaired) electrons. The zero-order chi connectivity index (χ0) is 9.42. The van der Waals surface area contributed by atoms with Gasteiger partial charge < -0.3 is 5.73 Å². The van der Waals surface area contributed by atoms with E-state index in [1.807, 2.05) is 29.5 Å². The molecule has 0 aliphatic carbocycles. The van der Waals surface area contributed by atoms with E-state index in [1.54, 1.807) is 0 Å². The van der Waals surface area contributed by atoms with Crippen LogP contribution in [0.25, 0.3) is 5.65 Å². The van der Waals surface area contributed by atoms with Crippen LogP contribution in [0, 0.1) is 0 Å². The van der Waals surface area contributed by atoms with E-state index in [0.29, 0.717) is 0 Å². The van der Waals surface area contributed by atoms with Gasteiger partial charge in [-0.15, -0.1) is 10.2 Å². The van der Waals surface area contributed by atoms with Crippen LogP contribution in [-0.4, -0.2) is 14.6 Å². The number of nitrogens with two attached hydrogens (primary N) is 1. The zero-order valence-corrected chi connectivity index (χ0v) is 8.69. The lowest BCUT2D eigenvalue weighted by Gasteiger charge is -2.03. The average Bonchev–Trinajstić information content (AvgIpc) is 2.49. The molecular weight excluding hydrogens is 232 g/mol. The van der Waals surface area contributed by atoms with E-state index in [1.165, 1.54) is 0 Å². The largest absolute Gasteiger partial charge is 0.322 e. The Morgan fingerprint density at radius 2 is 2.23 bits per heavy atom. The molecule has 2 N–H and O–H groups in total. The van der Waals surface area contributed by atoms with Crippen molar-refractivity contribution in [2.75, 3.05) is 0 Å². The average molecular weight is 241 g/mol. The fourth-order valence-electron chi connectivity index (χ4n) is 1.22. The van der Waals surface area contributed by atoms with Crippen molar-refractivity contribution >= 4 is 21.6 Å². The molecule has 0 amide bonds. The maximum Gasteiger partial charge on any atom is 0.161 e. The minimum atomic E-state index is -0.117. The first-order valence-corrected chi connectivity index (χ1v) is 4.74. The first-order chi connectivity index (χ1) is 6.20. The van der Waals surface area contributed by atoms with Crippen LogP contribution in [0.1, 0.15) is 18.8 Å². The Bertz CT molecular complexity index is 435. The Morgan fingerprint density at radius 1 is 1.46 bits per heavy atom. The summed E-state index contributed by atoms with van der Waals surface area (Å²) in [6, 6.07) is 5.62. The second-order valence-corrected chi connectivity index (χ2v) is 3.70. The maximum atomic E-state index is 5.75. The number of fused-ring (bicyclic) bond motifs is 1. The van der Waals surface area contributed by atoms with Gasteiger partial charge in [0.25, 0.3) is 0 Å². The molecule has 0 aliphatic rings. The van der Waals surface area contributed by atoms with Crippen molar-refractivity contribution in [3.8, 4) is 0 Å². The molecule has 0 fully saturated rings. The molecule has 13 heavy (non-hydrogen) atoms. The van der Waals surface area contributed by atoms with Crippen LogP contribution in [0.3, 0.4) is 0 Å². The van der Waals surface area contributed by atoms with Gasteiger partial charge in [-0.2, -0.15) is 0 Å². The zero-order valence-electron chi connectivity index (χ0n) is 7.11. The number of halogens is 1. The molecule has 0 aliphatic heterocycles. The Hall–Kier alpha value is -0.940. The van der Waals surface area contributed by atoms with Crippen molar-refractivity contribution in [2.24, 2.45) is 5.73 Å². The third kappa shape index (κ3) is 1.34. The summed E-state index contributed by atoms with van der Waals surface area (Å²) < 4.78 is 2.81. The Kier molecular flexibility index (Phi) is 2.05. The quantitative estimate of drug-likeness (QED) is 0.770. The normalized spacial score (nSPS) is 13.5. The van der Waals surface area contributed by atoms with Crippen molar-refractivity contribution in [1.29, 1.82) is 0 Å². The summed E-state index contributed by atoms with van der Waals surface area (Å²) in [5.74, 6) is 0.766. The monoisotopic (exact) mass is 240 g/mol. The van der Waals surface area contributed by atoms with Gasteiger partial charge in [-0.25, -0.2) is 0 Å². The molecule has 2 heterocycles. The molecule has 0 aromatic carbocycles. The standard InChI is InChI=1S/C8H9BrN4/c1-5(10)8-12-11-7-4-2-3-6(9)13(7)8/h2-5H,10H2,1H3. The van der Waals surface area contributed by atoms with Gasteiger partial charge >= 0.3 is 0 Å². The highest BCUT2D eigenvalue weighted by atomic mass is 79.9. The van der Waals surface area contributed by atoms with Crippen molar-refractivity contribution in [2.45, 2.75) is 13.0 Å². The van der Waals surface area contributed by atoms with E-state index in [2.05, 4.69) is 26.1 Å². The predicted octanol–water partition coefficient (Wildman–Crippen LogP) is 1.51. The van der Waals surface area contributed by atoms with Crippen molar-refractivity contribution < 1.29 is 0 Å². The van der Waals surface area contributed by atoms with Gasteiger partial charge in [0.15, 0.2) is 11.5 Å². The summed E-state index contributed by atoms with van der Waals surface area (Å²) in [4.78, 5) is 0. The minimum absolute atomic E-state index is 0.117. The summed E-state index contributed by atoms with van der Waals surface area (Å²) >= 11 is 3.42. The molecule has 2 aromatic heterocycles. The molecule has 0 saturated carbocycles. The van der Waals surface area contributed by atoms with E-state index >= 15 is 0 Å². The fraction of sp³-hybridized carbons (Fsp3) is 0.250. The van der Waals surface area contributed by atoms with Crippen LogP contribution < -0.4 is 5.73 Å². The van der Waals surface area contributed by atoms with Gasteiger partial charge in [0.1, 0.15) is 0 Å². The number of pyridine rings is 1. The summed E-state index contributed by atoms with van der Waals surface area (Å²) in [5.41, 5.74) is 6.56. The van der Waals surface area contributed by atoms with Crippen LogP contribution in [0.5, 0.6) is 0 Å². The smallest absolute Gasteiger partial charge is 0.161 e. The molecule has 0 bridgehead atoms. The summed E-state index contributed by atoms with van der Waals surface area (Å²) in [6.07, 6.45) is 0. The minimum Gasteiger partial charge on any atom is -0.322 e. The molecule has 1 unspecified atom stereocenters. The Balaban J connectivity index is 2.79. The molecule has 0 spiro atoms. The first-order valence-electron chi connectivity index (χ1n) is 3.95. The third-order valence-corrected chi connectivity index (χ3v) is 2.43. The van der Waals surface area contributed by atoms with Crippen LogP contribution >= 0.6 is 15.9 Å². The summed E-state index contributed by atoms with van der Waals surface area (Å²) in [7, 11) is 0. The van der Waals surface area contributed by atoms with Crippen molar-refractivity contribution in [3.05, 3.63) is 28.6 Å². The van der Waals surface area contributed by atoms with E-state index in [0.717, 1.165) is 16.1 Å². The van der Waals surface area contributed by atoms with Gasteiger partial charge in [-0.1, -0.05) is 6.07 Å². The second kappa shape index (κ2) is 3.08. The lowest BCUT2D eigenvalue weighted by molar-refractivity contribution is 0.723. The Morgan fingerprint density at radius 3 is 2.92 bits per heavy atom. The Labute approximate surface area is 83.9 Å². The van der Waals surface area contributed by atoms with E-state index in [-0.39, 0.29) is 6.04 Å². The SMILES string of the molecule is CC(N)c1nnc2cccc(Br)n12. The number of nitrogens with zero attached hydrogens (tertiary/aromatic N) is 3. The molecule has 5 heteroatoms. The molecule has 2 rings (SSSR count). The van der Waals surface area contributed by atoms with Gasteiger partial charge in [-0.05, 0) is 35.0 Å². The number of hydrogen-bond acceptors (Lipinski definition) is 3. The van der Waals surface area contributed by atoms with Crippen LogP contribution in [0.2, 0.25) is 0 Å². The lowest BCUT2D eigenvalue weighted by atomic mass is 10.3. The molecule has 2 aromatic rings. The first kappa shape index (κ1) is 8.65. The van der Waals surface area contributed by atoms with E-state index < -0.39 is 0 Å². The summed E-state index contributed by atoms with van der Waals surface area (Å²) in [5, 5.41) is 8.02. The van der Waals surface area contributed by atoms with Crippen LogP contribution in [0.15, 0.2) is 22.8 Å². The predicted molar refractivity (Wildman–Crippen MR) is 53.3 cm³/mol. The maximum absolute atomic E-state index is 5.75.